The second-order valence-corrected chi connectivity index (χ2v) is 6.07. The molecular weight excluding hydrogens is 316 g/mol. The third-order valence-corrected chi connectivity index (χ3v) is 3.84. The van der Waals surface area contributed by atoms with Gasteiger partial charge in [-0.3, -0.25) is 29.1 Å². The van der Waals surface area contributed by atoms with E-state index >= 15 is 0 Å². The molecule has 0 saturated carbocycles. The number of carboxylic acids is 2. The maximum atomic E-state index is 11.4. The number of aliphatic carboxylic acids is 2. The third kappa shape index (κ3) is 9.56. The number of rotatable bonds is 6. The summed E-state index contributed by atoms with van der Waals surface area (Å²) in [5.41, 5.74) is 0. The first kappa shape index (κ1) is 20.5. The molecule has 0 aromatic rings. The number of Topliss-reactive ketones (excluding diaryl/α,β-unsaturated/α-hetero) is 1. The molecule has 0 amide bonds. The average Bonchev–Trinajstić information content (AvgIpc) is 2.45. The van der Waals surface area contributed by atoms with E-state index in [1.807, 2.05) is 4.90 Å². The van der Waals surface area contributed by atoms with Crippen LogP contribution in [0.5, 0.6) is 0 Å². The molecule has 1 rings (SSSR count). The molecule has 1 aliphatic heterocycles. The van der Waals surface area contributed by atoms with Crippen molar-refractivity contribution in [3.05, 3.63) is 0 Å². The first-order chi connectivity index (χ1) is 11.4. The van der Waals surface area contributed by atoms with Gasteiger partial charge in [0.2, 0.25) is 0 Å². The lowest BCUT2D eigenvalue weighted by Crippen LogP contribution is -2.47. The van der Waals surface area contributed by atoms with Gasteiger partial charge in [0.25, 0.3) is 0 Å². The van der Waals surface area contributed by atoms with E-state index in [1.54, 1.807) is 16.7 Å². The molecule has 0 atom stereocenters. The largest absolute Gasteiger partial charge is 0.480 e. The SMILES string of the molecule is CC(=O)CN1CCNCCN(CC(=O)O)CCN(CC(=O)O)CC1. The molecule has 1 fully saturated rings. The molecular formula is C15H28N4O5. The molecule has 24 heavy (non-hydrogen) atoms. The van der Waals surface area contributed by atoms with Gasteiger partial charge in [0, 0.05) is 52.4 Å². The van der Waals surface area contributed by atoms with Crippen LogP contribution in [0.2, 0.25) is 0 Å². The third-order valence-electron chi connectivity index (χ3n) is 3.84. The lowest BCUT2D eigenvalue weighted by molar-refractivity contribution is -0.140. The van der Waals surface area contributed by atoms with Gasteiger partial charge in [-0.05, 0) is 6.92 Å². The van der Waals surface area contributed by atoms with Crippen LogP contribution in [0, 0.1) is 0 Å². The summed E-state index contributed by atoms with van der Waals surface area (Å²) in [6.07, 6.45) is 0. The predicted octanol–water partition coefficient (Wildman–Crippen LogP) is -1.75. The van der Waals surface area contributed by atoms with E-state index in [0.29, 0.717) is 58.9 Å². The molecule has 0 unspecified atom stereocenters. The Labute approximate surface area is 142 Å². The Hall–Kier alpha value is -1.55. The van der Waals surface area contributed by atoms with Crippen molar-refractivity contribution in [2.24, 2.45) is 0 Å². The topological polar surface area (TPSA) is 113 Å². The van der Waals surface area contributed by atoms with E-state index in [-0.39, 0.29) is 18.9 Å². The van der Waals surface area contributed by atoms with Crippen molar-refractivity contribution in [2.75, 3.05) is 72.0 Å². The normalized spacial score (nSPS) is 20.0. The van der Waals surface area contributed by atoms with Gasteiger partial charge < -0.3 is 15.5 Å². The molecule has 138 valence electrons. The van der Waals surface area contributed by atoms with E-state index in [1.165, 1.54) is 0 Å². The molecule has 1 aliphatic rings. The molecule has 0 radical (unpaired) electrons. The molecule has 1 heterocycles. The van der Waals surface area contributed by atoms with E-state index in [2.05, 4.69) is 5.32 Å². The molecule has 9 nitrogen and oxygen atoms in total. The highest BCUT2D eigenvalue weighted by Crippen LogP contribution is 1.97. The summed E-state index contributed by atoms with van der Waals surface area (Å²) in [6, 6.07) is 0. The highest BCUT2D eigenvalue weighted by atomic mass is 16.4. The van der Waals surface area contributed by atoms with Gasteiger partial charge in [0.05, 0.1) is 19.6 Å². The van der Waals surface area contributed by atoms with Gasteiger partial charge in [-0.2, -0.15) is 0 Å². The van der Waals surface area contributed by atoms with Gasteiger partial charge in [0.1, 0.15) is 5.78 Å². The minimum Gasteiger partial charge on any atom is -0.480 e. The Morgan fingerprint density at radius 2 is 1.12 bits per heavy atom. The number of carboxylic acid groups (broad SMARTS) is 2. The van der Waals surface area contributed by atoms with E-state index < -0.39 is 11.9 Å². The van der Waals surface area contributed by atoms with Crippen molar-refractivity contribution >= 4 is 17.7 Å². The summed E-state index contributed by atoms with van der Waals surface area (Å²) in [5, 5.41) is 21.3. The Kier molecular flexibility index (Phi) is 9.46. The quantitative estimate of drug-likeness (QED) is 0.516. The first-order valence-electron chi connectivity index (χ1n) is 8.17. The fourth-order valence-corrected chi connectivity index (χ4v) is 2.67. The van der Waals surface area contributed by atoms with Crippen molar-refractivity contribution in [3.8, 4) is 0 Å². The molecule has 0 aromatic heterocycles. The summed E-state index contributed by atoms with van der Waals surface area (Å²) in [4.78, 5) is 38.9. The minimum absolute atomic E-state index is 0.0565. The maximum absolute atomic E-state index is 11.4. The Bertz CT molecular complexity index is 402. The zero-order valence-electron chi connectivity index (χ0n) is 14.2. The van der Waals surface area contributed by atoms with Crippen LogP contribution in [0.25, 0.3) is 0 Å². The van der Waals surface area contributed by atoms with Crippen molar-refractivity contribution in [3.63, 3.8) is 0 Å². The summed E-state index contributed by atoms with van der Waals surface area (Å²) in [5.74, 6) is -1.72. The molecule has 0 aliphatic carbocycles. The van der Waals surface area contributed by atoms with E-state index in [4.69, 9.17) is 10.2 Å². The van der Waals surface area contributed by atoms with E-state index in [0.717, 1.165) is 0 Å². The second-order valence-electron chi connectivity index (χ2n) is 6.07. The number of hydrogen-bond acceptors (Lipinski definition) is 7. The molecule has 0 spiro atoms. The van der Waals surface area contributed by atoms with Gasteiger partial charge in [-0.25, -0.2) is 0 Å². The van der Waals surface area contributed by atoms with Gasteiger partial charge in [0.15, 0.2) is 0 Å². The number of hydrogen-bond donors (Lipinski definition) is 3. The van der Waals surface area contributed by atoms with Gasteiger partial charge in [-0.1, -0.05) is 0 Å². The fourth-order valence-electron chi connectivity index (χ4n) is 2.67. The minimum atomic E-state index is -0.910. The number of carbonyl (C=O) groups excluding carboxylic acids is 1. The second kappa shape index (κ2) is 11.1. The number of carbonyl (C=O) groups is 3. The molecule has 1 saturated heterocycles. The van der Waals surface area contributed by atoms with Crippen molar-refractivity contribution < 1.29 is 24.6 Å². The summed E-state index contributed by atoms with van der Waals surface area (Å²) < 4.78 is 0. The number of nitrogens with one attached hydrogen (secondary N) is 1. The standard InChI is InChI=1S/C15H28N4O5/c1-13(20)10-17-4-2-16-3-5-18(11-14(21)22)7-9-19(8-6-17)12-15(23)24/h16H,2-12H2,1H3,(H,21,22)(H,23,24). The molecule has 0 bridgehead atoms. The number of nitrogens with zero attached hydrogens (tertiary/aromatic N) is 3. The average molecular weight is 344 g/mol. The Morgan fingerprint density at radius 3 is 1.50 bits per heavy atom. The molecule has 9 heteroatoms. The van der Waals surface area contributed by atoms with Crippen LogP contribution in [0.3, 0.4) is 0 Å². The summed E-state index contributed by atoms with van der Waals surface area (Å²) in [7, 11) is 0. The van der Waals surface area contributed by atoms with Crippen LogP contribution in [-0.2, 0) is 14.4 Å². The monoisotopic (exact) mass is 344 g/mol. The van der Waals surface area contributed by atoms with Gasteiger partial charge >= 0.3 is 11.9 Å². The lowest BCUT2D eigenvalue weighted by atomic mass is 10.3. The summed E-state index contributed by atoms with van der Waals surface area (Å²) in [6.45, 7) is 6.49. The Balaban J connectivity index is 2.68. The van der Waals surface area contributed by atoms with Crippen LogP contribution in [-0.4, -0.2) is 115 Å². The zero-order valence-corrected chi connectivity index (χ0v) is 14.2. The van der Waals surface area contributed by atoms with Gasteiger partial charge in [-0.15, -0.1) is 0 Å². The van der Waals surface area contributed by atoms with Crippen LogP contribution < -0.4 is 5.32 Å². The molecule has 3 N–H and O–H groups in total. The maximum Gasteiger partial charge on any atom is 0.317 e. The highest BCUT2D eigenvalue weighted by molar-refractivity contribution is 5.77. The zero-order chi connectivity index (χ0) is 17.9. The smallest absolute Gasteiger partial charge is 0.317 e. The lowest BCUT2D eigenvalue weighted by Gasteiger charge is -2.30. The summed E-state index contributed by atoms with van der Waals surface area (Å²) >= 11 is 0. The van der Waals surface area contributed by atoms with Crippen molar-refractivity contribution in [1.29, 1.82) is 0 Å². The Morgan fingerprint density at radius 1 is 0.750 bits per heavy atom. The first-order valence-corrected chi connectivity index (χ1v) is 8.17. The predicted molar refractivity (Wildman–Crippen MR) is 88.1 cm³/mol. The van der Waals surface area contributed by atoms with Crippen LogP contribution >= 0.6 is 0 Å². The highest BCUT2D eigenvalue weighted by Gasteiger charge is 2.17. The van der Waals surface area contributed by atoms with Crippen molar-refractivity contribution in [1.82, 2.24) is 20.0 Å². The molecule has 0 aromatic carbocycles. The van der Waals surface area contributed by atoms with Crippen molar-refractivity contribution in [2.45, 2.75) is 6.92 Å². The van der Waals surface area contributed by atoms with E-state index in [9.17, 15) is 14.4 Å². The van der Waals surface area contributed by atoms with Crippen LogP contribution in [0.1, 0.15) is 6.92 Å². The fraction of sp³-hybridized carbons (Fsp3) is 0.800. The van der Waals surface area contributed by atoms with Crippen LogP contribution in [0.15, 0.2) is 0 Å². The number of ketones is 1. The van der Waals surface area contributed by atoms with Crippen LogP contribution in [0.4, 0.5) is 0 Å².